The maximum absolute atomic E-state index is 13.4. The molecule has 4 N–H and O–H groups in total. The molecule has 1 saturated heterocycles. The fourth-order valence-electron chi connectivity index (χ4n) is 4.50. The highest BCUT2D eigenvalue weighted by Gasteiger charge is 2.41. The summed E-state index contributed by atoms with van der Waals surface area (Å²) in [7, 11) is 1.56. The van der Waals surface area contributed by atoms with Crippen LogP contribution in [0.1, 0.15) is 48.6 Å². The maximum Gasteiger partial charge on any atom is 0.433 e. The van der Waals surface area contributed by atoms with E-state index in [9.17, 15) is 32.3 Å². The number of carbonyl (C=O) groups is 4. The molecule has 17 heteroatoms. The summed E-state index contributed by atoms with van der Waals surface area (Å²) in [4.78, 5) is 53.0. The second-order valence-corrected chi connectivity index (χ2v) is 9.66. The Morgan fingerprint density at radius 2 is 1.63 bits per heavy atom. The fourth-order valence-corrected chi connectivity index (χ4v) is 4.50. The van der Waals surface area contributed by atoms with Crippen molar-refractivity contribution in [2.24, 2.45) is 0 Å². The van der Waals surface area contributed by atoms with Crippen LogP contribution in [0.2, 0.25) is 0 Å². The first-order chi connectivity index (χ1) is 20.1. The zero-order chi connectivity index (χ0) is 31.9. The molecule has 3 heterocycles. The Labute approximate surface area is 241 Å². The molecule has 1 fully saturated rings. The van der Waals surface area contributed by atoms with Crippen molar-refractivity contribution in [3.63, 3.8) is 0 Å². The summed E-state index contributed by atoms with van der Waals surface area (Å²) in [5.41, 5.74) is -2.49. The number of benzene rings is 1. The van der Waals surface area contributed by atoms with E-state index in [2.05, 4.69) is 15.1 Å². The first-order valence-corrected chi connectivity index (χ1v) is 12.7. The fraction of sp³-hybridized carbons (Fsp3) is 0.423. The van der Waals surface area contributed by atoms with Gasteiger partial charge < -0.3 is 30.1 Å². The van der Waals surface area contributed by atoms with E-state index in [0.717, 1.165) is 18.0 Å². The van der Waals surface area contributed by atoms with Gasteiger partial charge in [-0.3, -0.25) is 14.4 Å². The summed E-state index contributed by atoms with van der Waals surface area (Å²) in [6.45, 7) is 0.916. The number of fused-ring (bicyclic) bond motifs is 1. The van der Waals surface area contributed by atoms with E-state index in [1.807, 2.05) is 18.2 Å². The quantitative estimate of drug-likeness (QED) is 0.274. The van der Waals surface area contributed by atoms with E-state index >= 15 is 0 Å². The molecule has 1 aliphatic rings. The molecule has 3 aromatic rings. The van der Waals surface area contributed by atoms with Crippen molar-refractivity contribution in [3.05, 3.63) is 53.6 Å². The number of ether oxygens (including phenoxy) is 1. The number of hydrogen-bond acceptors (Lipinski definition) is 9. The number of rotatable bonds is 9. The Hall–Kier alpha value is -4.80. The van der Waals surface area contributed by atoms with Crippen molar-refractivity contribution >= 4 is 29.6 Å². The van der Waals surface area contributed by atoms with Gasteiger partial charge in [0.25, 0.3) is 5.78 Å². The number of likely N-dealkylation sites (tertiary alicyclic amines) is 1. The number of piperidine rings is 1. The number of aromatic nitrogens is 4. The second kappa shape index (κ2) is 13.5. The van der Waals surface area contributed by atoms with Gasteiger partial charge in [-0.2, -0.15) is 27.8 Å². The molecule has 232 valence electrons. The maximum atomic E-state index is 13.4. The minimum absolute atomic E-state index is 0.0326. The van der Waals surface area contributed by atoms with Gasteiger partial charge in [-0.25, -0.2) is 9.78 Å². The largest absolute Gasteiger partial charge is 0.496 e. The molecule has 0 aliphatic carbocycles. The second-order valence-electron chi connectivity index (χ2n) is 9.66. The Balaban J connectivity index is 0.000000331. The zero-order valence-electron chi connectivity index (χ0n) is 22.7. The predicted molar refractivity (Wildman–Crippen MR) is 138 cm³/mol. The van der Waals surface area contributed by atoms with Crippen LogP contribution in [0.15, 0.2) is 36.7 Å². The third-order valence-electron chi connectivity index (χ3n) is 6.65. The Kier molecular flexibility index (Phi) is 10.2. The lowest BCUT2D eigenvalue weighted by Gasteiger charge is -2.32. The molecule has 14 nitrogen and oxygen atoms in total. The molecule has 1 amide bonds. The lowest BCUT2D eigenvalue weighted by Crippen LogP contribution is -2.42. The molecule has 0 radical (unpaired) electrons. The average molecular weight is 612 g/mol. The van der Waals surface area contributed by atoms with Crippen LogP contribution in [0.3, 0.4) is 0 Å². The normalized spacial score (nSPS) is 14.1. The molecule has 1 aromatic carbocycles. The molecular formula is C26H28F3N5O9. The molecular weight excluding hydrogens is 583 g/mol. The predicted octanol–water partition coefficient (Wildman–Crippen LogP) is 1.85. The average Bonchev–Trinajstić information content (AvgIpc) is 3.40. The van der Waals surface area contributed by atoms with Gasteiger partial charge in [0.2, 0.25) is 5.91 Å². The summed E-state index contributed by atoms with van der Waals surface area (Å²) in [6, 6.07) is 8.38. The molecule has 0 saturated carbocycles. The van der Waals surface area contributed by atoms with Gasteiger partial charge in [-0.05, 0) is 25.0 Å². The van der Waals surface area contributed by atoms with Crippen LogP contribution in [0.4, 0.5) is 13.2 Å². The van der Waals surface area contributed by atoms with Gasteiger partial charge in [0, 0.05) is 30.3 Å². The van der Waals surface area contributed by atoms with Gasteiger partial charge >= 0.3 is 24.1 Å². The van der Waals surface area contributed by atoms with Crippen LogP contribution in [0, 0.1) is 0 Å². The van der Waals surface area contributed by atoms with Gasteiger partial charge in [0.05, 0.1) is 26.4 Å². The molecule has 2 aromatic heterocycles. The van der Waals surface area contributed by atoms with Crippen molar-refractivity contribution in [2.45, 2.75) is 49.8 Å². The smallest absolute Gasteiger partial charge is 0.433 e. The van der Waals surface area contributed by atoms with Crippen molar-refractivity contribution in [2.75, 3.05) is 20.2 Å². The van der Waals surface area contributed by atoms with Crippen molar-refractivity contribution in [1.82, 2.24) is 24.5 Å². The number of alkyl halides is 3. The number of nitrogens with zero attached hydrogens (tertiary/aromatic N) is 5. The molecule has 0 unspecified atom stereocenters. The molecule has 1 aliphatic heterocycles. The SMILES string of the molecule is COc1ccccc1CC(=O)N1CCC(c2cc(C(F)(F)F)n3ncnc3n2)CC1.O=C(O)CC(O)(CC(=O)O)C(=O)O. The summed E-state index contributed by atoms with van der Waals surface area (Å²) in [5.74, 6) is -4.65. The summed E-state index contributed by atoms with van der Waals surface area (Å²) < 4.78 is 46.2. The molecule has 0 atom stereocenters. The van der Waals surface area contributed by atoms with E-state index in [1.54, 1.807) is 18.1 Å². The summed E-state index contributed by atoms with van der Waals surface area (Å²) in [5, 5.41) is 37.4. The van der Waals surface area contributed by atoms with Gasteiger partial charge in [-0.1, -0.05) is 18.2 Å². The number of hydrogen-bond donors (Lipinski definition) is 4. The van der Waals surface area contributed by atoms with Gasteiger partial charge in [0.15, 0.2) is 11.3 Å². The third-order valence-corrected chi connectivity index (χ3v) is 6.65. The number of carboxylic acid groups (broad SMARTS) is 3. The Morgan fingerprint density at radius 1 is 1.02 bits per heavy atom. The highest BCUT2D eigenvalue weighted by Crippen LogP contribution is 2.33. The number of aliphatic carboxylic acids is 3. The van der Waals surface area contributed by atoms with Gasteiger partial charge in [-0.15, -0.1) is 0 Å². The minimum Gasteiger partial charge on any atom is -0.496 e. The number of methoxy groups -OCH3 is 1. The van der Waals surface area contributed by atoms with Crippen LogP contribution >= 0.6 is 0 Å². The third kappa shape index (κ3) is 8.37. The Bertz CT molecular complexity index is 1470. The van der Waals surface area contributed by atoms with E-state index in [-0.39, 0.29) is 24.0 Å². The lowest BCUT2D eigenvalue weighted by atomic mass is 9.92. The van der Waals surface area contributed by atoms with E-state index < -0.39 is 48.2 Å². The standard InChI is InChI=1S/C20H20F3N5O2.C6H8O7/c1-30-16-5-3-2-4-14(16)10-18(29)27-8-6-13(7-9-27)15-11-17(20(21,22)23)28-19(26-15)24-12-25-28;7-3(8)1-6(13,5(11)12)2-4(9)10/h2-5,11-13H,6-10H2,1H3;13H,1-2H2,(H,7,8)(H,9,10)(H,11,12). The highest BCUT2D eigenvalue weighted by atomic mass is 19.4. The molecule has 0 bridgehead atoms. The van der Waals surface area contributed by atoms with Crippen LogP contribution in [0.25, 0.3) is 5.78 Å². The lowest BCUT2D eigenvalue weighted by molar-refractivity contribution is -0.170. The van der Waals surface area contributed by atoms with Crippen molar-refractivity contribution < 1.29 is 57.5 Å². The van der Waals surface area contributed by atoms with Crippen LogP contribution in [0.5, 0.6) is 5.75 Å². The Morgan fingerprint density at radius 3 is 2.16 bits per heavy atom. The van der Waals surface area contributed by atoms with Crippen LogP contribution in [-0.2, 0) is 31.8 Å². The number of halogens is 3. The monoisotopic (exact) mass is 611 g/mol. The zero-order valence-corrected chi connectivity index (χ0v) is 22.7. The summed E-state index contributed by atoms with van der Waals surface area (Å²) >= 11 is 0. The van der Waals surface area contributed by atoms with Crippen molar-refractivity contribution in [1.29, 1.82) is 0 Å². The molecule has 0 spiro atoms. The van der Waals surface area contributed by atoms with E-state index in [1.165, 1.54) is 0 Å². The molecule has 4 rings (SSSR count). The minimum atomic E-state index is -4.56. The van der Waals surface area contributed by atoms with Crippen LogP contribution in [-0.4, -0.2) is 94.5 Å². The first kappa shape index (κ1) is 32.7. The van der Waals surface area contributed by atoms with Crippen LogP contribution < -0.4 is 4.74 Å². The van der Waals surface area contributed by atoms with Gasteiger partial charge in [0.1, 0.15) is 12.1 Å². The van der Waals surface area contributed by atoms with E-state index in [4.69, 9.17) is 25.2 Å². The number of amides is 1. The van der Waals surface area contributed by atoms with E-state index in [0.29, 0.717) is 41.9 Å². The number of aliphatic hydroxyl groups is 1. The topological polar surface area (TPSA) is 205 Å². The number of carbonyl (C=O) groups excluding carboxylic acids is 1. The number of carboxylic acids is 3. The highest BCUT2D eigenvalue weighted by molar-refractivity contribution is 5.88. The first-order valence-electron chi connectivity index (χ1n) is 12.7. The molecule has 43 heavy (non-hydrogen) atoms. The number of para-hydroxylation sites is 1. The summed E-state index contributed by atoms with van der Waals surface area (Å²) in [6.07, 6.45) is -4.51. The van der Waals surface area contributed by atoms with Crippen molar-refractivity contribution in [3.8, 4) is 5.75 Å².